The Labute approximate surface area is 128 Å². The zero-order valence-electron chi connectivity index (χ0n) is 12.4. The number of benzene rings is 2. The first-order chi connectivity index (χ1) is 10.5. The second kappa shape index (κ2) is 6.67. The van der Waals surface area contributed by atoms with Crippen LogP contribution in [0.5, 0.6) is 17.2 Å². The van der Waals surface area contributed by atoms with Crippen LogP contribution in [0.2, 0.25) is 0 Å². The molecule has 0 aromatic heterocycles. The molecule has 0 fully saturated rings. The van der Waals surface area contributed by atoms with Crippen molar-refractivity contribution in [3.8, 4) is 17.2 Å². The summed E-state index contributed by atoms with van der Waals surface area (Å²) < 4.78 is 10.2. The van der Waals surface area contributed by atoms with E-state index in [4.69, 9.17) is 15.2 Å². The van der Waals surface area contributed by atoms with Crippen LogP contribution in [-0.4, -0.2) is 25.1 Å². The van der Waals surface area contributed by atoms with Gasteiger partial charge < -0.3 is 20.3 Å². The number of phenolic OH excluding ortho intramolecular Hbond substituents is 1. The van der Waals surface area contributed by atoms with Crippen LogP contribution in [0, 0.1) is 0 Å². The van der Waals surface area contributed by atoms with Gasteiger partial charge >= 0.3 is 0 Å². The molecule has 0 bridgehead atoms. The Morgan fingerprint density at radius 1 is 1.14 bits per heavy atom. The first-order valence-corrected chi connectivity index (χ1v) is 6.58. The minimum atomic E-state index is -0.367. The lowest BCUT2D eigenvalue weighted by atomic mass is 10.1. The van der Waals surface area contributed by atoms with Gasteiger partial charge in [0, 0.05) is 17.8 Å². The van der Waals surface area contributed by atoms with Crippen LogP contribution in [0.15, 0.2) is 42.5 Å². The third kappa shape index (κ3) is 3.38. The van der Waals surface area contributed by atoms with Crippen LogP contribution < -0.4 is 15.2 Å². The fraction of sp³-hybridized carbons (Fsp3) is 0.118. The number of nitrogen functional groups attached to an aromatic ring is 1. The predicted octanol–water partition coefficient (Wildman–Crippen LogP) is 2.89. The average molecular weight is 299 g/mol. The maximum Gasteiger partial charge on any atom is 0.193 e. The largest absolute Gasteiger partial charge is 0.507 e. The highest BCUT2D eigenvalue weighted by Gasteiger charge is 2.17. The lowest BCUT2D eigenvalue weighted by Crippen LogP contribution is -2.00. The molecule has 3 N–H and O–H groups in total. The number of ketones is 1. The van der Waals surface area contributed by atoms with E-state index in [2.05, 4.69) is 0 Å². The van der Waals surface area contributed by atoms with Crippen LogP contribution in [0.3, 0.4) is 0 Å². The highest BCUT2D eigenvalue weighted by molar-refractivity contribution is 6.10. The molecule has 0 atom stereocenters. The fourth-order valence-electron chi connectivity index (χ4n) is 1.97. The Morgan fingerprint density at radius 3 is 2.41 bits per heavy atom. The molecule has 22 heavy (non-hydrogen) atoms. The minimum Gasteiger partial charge on any atom is -0.507 e. The second-order valence-corrected chi connectivity index (χ2v) is 4.59. The molecule has 114 valence electrons. The zero-order valence-corrected chi connectivity index (χ0v) is 12.4. The Hall–Kier alpha value is -2.95. The Balaban J connectivity index is 2.31. The van der Waals surface area contributed by atoms with E-state index in [-0.39, 0.29) is 22.8 Å². The smallest absolute Gasteiger partial charge is 0.193 e. The summed E-state index contributed by atoms with van der Waals surface area (Å²) in [6.07, 6.45) is 3.01. The van der Waals surface area contributed by atoms with Crippen molar-refractivity contribution in [3.05, 3.63) is 53.6 Å². The number of ether oxygens (including phenoxy) is 2. The normalized spacial score (nSPS) is 10.6. The van der Waals surface area contributed by atoms with Gasteiger partial charge in [0.15, 0.2) is 5.78 Å². The van der Waals surface area contributed by atoms with Gasteiger partial charge in [-0.3, -0.25) is 4.79 Å². The van der Waals surface area contributed by atoms with Crippen LogP contribution in [-0.2, 0) is 0 Å². The van der Waals surface area contributed by atoms with E-state index in [0.29, 0.717) is 11.4 Å². The highest BCUT2D eigenvalue weighted by Crippen LogP contribution is 2.33. The quantitative estimate of drug-likeness (QED) is 0.504. The maximum absolute atomic E-state index is 12.3. The van der Waals surface area contributed by atoms with Crippen molar-refractivity contribution < 1.29 is 19.4 Å². The number of hydrogen-bond donors (Lipinski definition) is 2. The Morgan fingerprint density at radius 2 is 1.82 bits per heavy atom. The first kappa shape index (κ1) is 15.4. The van der Waals surface area contributed by atoms with Crippen LogP contribution in [0.25, 0.3) is 6.08 Å². The Bertz CT molecular complexity index is 705. The standard InChI is InChI=1S/C17H17NO4/c1-21-13-9-15(20)17(16(10-13)22-2)14(19)8-5-11-3-6-12(18)7-4-11/h3-10,20H,18H2,1-2H3. The molecule has 0 radical (unpaired) electrons. The van der Waals surface area contributed by atoms with E-state index in [1.54, 1.807) is 36.4 Å². The maximum atomic E-state index is 12.3. The third-order valence-electron chi connectivity index (χ3n) is 3.12. The number of aromatic hydroxyl groups is 1. The summed E-state index contributed by atoms with van der Waals surface area (Å²) >= 11 is 0. The number of anilines is 1. The Kier molecular flexibility index (Phi) is 4.68. The van der Waals surface area contributed by atoms with E-state index in [9.17, 15) is 9.90 Å². The summed E-state index contributed by atoms with van der Waals surface area (Å²) in [5, 5.41) is 10.0. The number of hydrogen-bond acceptors (Lipinski definition) is 5. The molecule has 0 amide bonds. The van der Waals surface area contributed by atoms with Gasteiger partial charge in [-0.2, -0.15) is 0 Å². The molecular formula is C17H17NO4. The summed E-state index contributed by atoms with van der Waals surface area (Å²) in [7, 11) is 2.89. The van der Waals surface area contributed by atoms with Gasteiger partial charge in [-0.25, -0.2) is 0 Å². The number of carbonyl (C=O) groups excluding carboxylic acids is 1. The summed E-state index contributed by atoms with van der Waals surface area (Å²) in [6, 6.07) is 10.00. The lowest BCUT2D eigenvalue weighted by Gasteiger charge is -2.10. The van der Waals surface area contributed by atoms with Crippen molar-refractivity contribution in [3.63, 3.8) is 0 Å². The summed E-state index contributed by atoms with van der Waals surface area (Å²) in [4.78, 5) is 12.3. The van der Waals surface area contributed by atoms with Crippen molar-refractivity contribution in [2.45, 2.75) is 0 Å². The molecule has 5 heteroatoms. The van der Waals surface area contributed by atoms with Gasteiger partial charge in [0.2, 0.25) is 0 Å². The van der Waals surface area contributed by atoms with Crippen LogP contribution in [0.1, 0.15) is 15.9 Å². The lowest BCUT2D eigenvalue weighted by molar-refractivity contribution is 0.104. The number of carbonyl (C=O) groups is 1. The monoisotopic (exact) mass is 299 g/mol. The van der Waals surface area contributed by atoms with Crippen molar-refractivity contribution in [2.75, 3.05) is 20.0 Å². The molecule has 0 aliphatic heterocycles. The summed E-state index contributed by atoms with van der Waals surface area (Å²) in [5.41, 5.74) is 7.18. The van der Waals surface area contributed by atoms with Gasteiger partial charge in [-0.15, -0.1) is 0 Å². The molecule has 2 aromatic rings. The van der Waals surface area contributed by atoms with Crippen LogP contribution >= 0.6 is 0 Å². The van der Waals surface area contributed by atoms with Crippen molar-refractivity contribution in [1.29, 1.82) is 0 Å². The number of methoxy groups -OCH3 is 2. The molecule has 2 aromatic carbocycles. The number of phenols is 1. The van der Waals surface area contributed by atoms with Crippen molar-refractivity contribution in [2.24, 2.45) is 0 Å². The molecule has 2 rings (SSSR count). The molecule has 0 aliphatic carbocycles. The van der Waals surface area contributed by atoms with Crippen molar-refractivity contribution >= 4 is 17.5 Å². The SMILES string of the molecule is COc1cc(O)c(C(=O)C=Cc2ccc(N)cc2)c(OC)c1. The van der Waals surface area contributed by atoms with E-state index in [1.807, 2.05) is 0 Å². The first-order valence-electron chi connectivity index (χ1n) is 6.58. The van der Waals surface area contributed by atoms with Gasteiger partial charge in [-0.05, 0) is 23.8 Å². The molecular weight excluding hydrogens is 282 g/mol. The molecule has 0 saturated heterocycles. The van der Waals surface area contributed by atoms with Crippen molar-refractivity contribution in [1.82, 2.24) is 0 Å². The van der Waals surface area contributed by atoms with E-state index >= 15 is 0 Å². The molecule has 0 unspecified atom stereocenters. The fourth-order valence-corrected chi connectivity index (χ4v) is 1.97. The van der Waals surface area contributed by atoms with E-state index < -0.39 is 0 Å². The molecule has 0 saturated carbocycles. The summed E-state index contributed by atoms with van der Waals surface area (Å²) in [5.74, 6) is 0.106. The number of nitrogens with two attached hydrogens (primary N) is 1. The average Bonchev–Trinajstić information content (AvgIpc) is 2.53. The van der Waals surface area contributed by atoms with Crippen LogP contribution in [0.4, 0.5) is 5.69 Å². The minimum absolute atomic E-state index is 0.0926. The predicted molar refractivity (Wildman–Crippen MR) is 85.4 cm³/mol. The number of rotatable bonds is 5. The van der Waals surface area contributed by atoms with Gasteiger partial charge in [0.25, 0.3) is 0 Å². The van der Waals surface area contributed by atoms with Gasteiger partial charge in [0.1, 0.15) is 22.8 Å². The number of allylic oxidation sites excluding steroid dienone is 1. The third-order valence-corrected chi connectivity index (χ3v) is 3.12. The molecule has 0 heterocycles. The van der Waals surface area contributed by atoms with E-state index in [0.717, 1.165) is 5.56 Å². The summed E-state index contributed by atoms with van der Waals surface area (Å²) in [6.45, 7) is 0. The molecule has 0 spiro atoms. The van der Waals surface area contributed by atoms with Gasteiger partial charge in [0.05, 0.1) is 14.2 Å². The van der Waals surface area contributed by atoms with Gasteiger partial charge in [-0.1, -0.05) is 18.2 Å². The zero-order chi connectivity index (χ0) is 16.1. The molecule has 0 aliphatic rings. The topological polar surface area (TPSA) is 81.8 Å². The highest BCUT2D eigenvalue weighted by atomic mass is 16.5. The van der Waals surface area contributed by atoms with E-state index in [1.165, 1.54) is 26.4 Å². The second-order valence-electron chi connectivity index (χ2n) is 4.59. The molecule has 5 nitrogen and oxygen atoms in total.